The van der Waals surface area contributed by atoms with Crippen LogP contribution in [0.3, 0.4) is 0 Å². The number of benzene rings is 1. The Labute approximate surface area is 144 Å². The average Bonchev–Trinajstić information content (AvgIpc) is 2.40. The van der Waals surface area contributed by atoms with Gasteiger partial charge in [-0.25, -0.2) is 0 Å². The highest BCUT2D eigenvalue weighted by Crippen LogP contribution is 2.27. The van der Waals surface area contributed by atoms with Crippen LogP contribution in [0.15, 0.2) is 22.7 Å². The Kier molecular flexibility index (Phi) is 7.81. The lowest BCUT2D eigenvalue weighted by Gasteiger charge is -2.26. The molecule has 0 atom stereocenters. The Hall–Kier alpha value is -0.490. The molecule has 3 N–H and O–H groups in total. The zero-order chi connectivity index (χ0) is 14.5. The van der Waals surface area contributed by atoms with E-state index in [1.807, 2.05) is 6.07 Å². The van der Waals surface area contributed by atoms with Gasteiger partial charge in [-0.3, -0.25) is 4.79 Å². The summed E-state index contributed by atoms with van der Waals surface area (Å²) in [6, 6.07) is 5.78. The maximum Gasteiger partial charge on any atom is 0.258 e. The van der Waals surface area contributed by atoms with E-state index in [9.17, 15) is 4.79 Å². The van der Waals surface area contributed by atoms with Gasteiger partial charge in [0.15, 0.2) is 6.61 Å². The van der Waals surface area contributed by atoms with Crippen LogP contribution in [0.4, 0.5) is 0 Å². The quantitative estimate of drug-likeness (QED) is 0.819. The van der Waals surface area contributed by atoms with E-state index in [0.717, 1.165) is 30.2 Å². The third kappa shape index (κ3) is 6.02. The zero-order valence-corrected chi connectivity index (χ0v) is 14.6. The van der Waals surface area contributed by atoms with Crippen molar-refractivity contribution in [1.82, 2.24) is 5.32 Å². The molecule has 1 fully saturated rings. The van der Waals surface area contributed by atoms with Crippen LogP contribution in [0.25, 0.3) is 0 Å². The second-order valence-electron chi connectivity index (χ2n) is 5.04. The summed E-state index contributed by atoms with van der Waals surface area (Å²) in [7, 11) is 0. The Morgan fingerprint density at radius 1 is 1.38 bits per heavy atom. The van der Waals surface area contributed by atoms with Crippen LogP contribution in [-0.2, 0) is 4.79 Å². The topological polar surface area (TPSA) is 64.3 Å². The van der Waals surface area contributed by atoms with E-state index in [0.29, 0.717) is 10.8 Å². The molecule has 1 saturated carbocycles. The van der Waals surface area contributed by atoms with E-state index < -0.39 is 0 Å². The van der Waals surface area contributed by atoms with Crippen molar-refractivity contribution < 1.29 is 9.53 Å². The van der Waals surface area contributed by atoms with Crippen LogP contribution in [0, 0.1) is 0 Å². The molecule has 0 aromatic heterocycles. The van der Waals surface area contributed by atoms with E-state index >= 15 is 0 Å². The van der Waals surface area contributed by atoms with Gasteiger partial charge in [-0.05, 0) is 43.9 Å². The summed E-state index contributed by atoms with van der Waals surface area (Å²) in [4.78, 5) is 11.8. The van der Waals surface area contributed by atoms with Gasteiger partial charge in [0, 0.05) is 16.6 Å². The SMILES string of the molecule is Cl.NC1CCC(NC(=O)COc2ccc(Br)cc2Cl)CC1. The summed E-state index contributed by atoms with van der Waals surface area (Å²) >= 11 is 9.34. The molecular formula is C14H19BrCl2N2O2. The first-order valence-corrected chi connectivity index (χ1v) is 7.84. The van der Waals surface area contributed by atoms with Crippen molar-refractivity contribution in [3.63, 3.8) is 0 Å². The monoisotopic (exact) mass is 396 g/mol. The number of ether oxygens (including phenoxy) is 1. The van der Waals surface area contributed by atoms with E-state index in [1.54, 1.807) is 12.1 Å². The van der Waals surface area contributed by atoms with Crippen LogP contribution < -0.4 is 15.8 Å². The summed E-state index contributed by atoms with van der Waals surface area (Å²) in [6.45, 7) is -0.0239. The number of hydrogen-bond donors (Lipinski definition) is 2. The molecule has 1 aliphatic carbocycles. The van der Waals surface area contributed by atoms with Crippen LogP contribution in [-0.4, -0.2) is 24.6 Å². The first-order valence-electron chi connectivity index (χ1n) is 6.67. The maximum absolute atomic E-state index is 11.8. The van der Waals surface area contributed by atoms with Crippen molar-refractivity contribution in [2.45, 2.75) is 37.8 Å². The standard InChI is InChI=1S/C14H18BrClN2O2.ClH/c15-9-1-6-13(12(16)7-9)20-8-14(19)18-11-4-2-10(17)3-5-11;/h1,6-7,10-11H,2-5,8,17H2,(H,18,19);1H. The second-order valence-corrected chi connectivity index (χ2v) is 6.37. The molecule has 0 aliphatic heterocycles. The van der Waals surface area contributed by atoms with Gasteiger partial charge >= 0.3 is 0 Å². The first-order chi connectivity index (χ1) is 9.54. The maximum atomic E-state index is 11.8. The molecule has 0 unspecified atom stereocenters. The first kappa shape index (κ1) is 18.6. The summed E-state index contributed by atoms with van der Waals surface area (Å²) in [6.07, 6.45) is 3.80. The van der Waals surface area contributed by atoms with Gasteiger partial charge in [0.05, 0.1) is 5.02 Å². The summed E-state index contributed by atoms with van der Waals surface area (Å²) in [5, 5.41) is 3.45. The van der Waals surface area contributed by atoms with E-state index in [4.69, 9.17) is 22.1 Å². The van der Waals surface area contributed by atoms with Crippen molar-refractivity contribution in [2.75, 3.05) is 6.61 Å². The molecule has 4 nitrogen and oxygen atoms in total. The lowest BCUT2D eigenvalue weighted by Crippen LogP contribution is -2.42. The van der Waals surface area contributed by atoms with Crippen molar-refractivity contribution in [3.8, 4) is 5.75 Å². The van der Waals surface area contributed by atoms with E-state index in [2.05, 4.69) is 21.2 Å². The van der Waals surface area contributed by atoms with Gasteiger partial charge in [0.1, 0.15) is 5.75 Å². The largest absolute Gasteiger partial charge is 0.482 e. The van der Waals surface area contributed by atoms with Crippen molar-refractivity contribution in [2.24, 2.45) is 5.73 Å². The predicted octanol–water partition coefficient (Wildman–Crippen LogP) is 3.29. The highest BCUT2D eigenvalue weighted by Gasteiger charge is 2.20. The lowest BCUT2D eigenvalue weighted by molar-refractivity contribution is -0.124. The molecule has 1 aromatic rings. The van der Waals surface area contributed by atoms with Crippen LogP contribution in [0.1, 0.15) is 25.7 Å². The van der Waals surface area contributed by atoms with Crippen LogP contribution in [0.2, 0.25) is 5.02 Å². The van der Waals surface area contributed by atoms with Gasteiger partial charge in [-0.2, -0.15) is 0 Å². The summed E-state index contributed by atoms with van der Waals surface area (Å²) in [5.74, 6) is 0.389. The smallest absolute Gasteiger partial charge is 0.258 e. The highest BCUT2D eigenvalue weighted by molar-refractivity contribution is 9.10. The Bertz CT molecular complexity index is 480. The molecule has 0 spiro atoms. The molecule has 0 bridgehead atoms. The third-order valence-corrected chi connectivity index (χ3v) is 4.18. The number of carbonyl (C=O) groups excluding carboxylic acids is 1. The molecule has 21 heavy (non-hydrogen) atoms. The van der Waals surface area contributed by atoms with Gasteiger partial charge in [-0.15, -0.1) is 12.4 Å². The number of halogens is 3. The number of carbonyl (C=O) groups is 1. The lowest BCUT2D eigenvalue weighted by atomic mass is 9.92. The number of nitrogens with two attached hydrogens (primary N) is 1. The Morgan fingerprint density at radius 3 is 2.67 bits per heavy atom. The molecule has 1 aliphatic rings. The van der Waals surface area contributed by atoms with Gasteiger partial charge in [0.2, 0.25) is 0 Å². The predicted molar refractivity (Wildman–Crippen MR) is 90.3 cm³/mol. The molecular weight excluding hydrogens is 379 g/mol. The number of nitrogens with one attached hydrogen (secondary N) is 1. The van der Waals surface area contributed by atoms with Gasteiger partial charge in [0.25, 0.3) is 5.91 Å². The van der Waals surface area contributed by atoms with Crippen LogP contribution in [0.5, 0.6) is 5.75 Å². The number of amides is 1. The fraction of sp³-hybridized carbons (Fsp3) is 0.500. The molecule has 0 saturated heterocycles. The number of rotatable bonds is 4. The highest BCUT2D eigenvalue weighted by atomic mass is 79.9. The zero-order valence-electron chi connectivity index (χ0n) is 11.5. The minimum Gasteiger partial charge on any atom is -0.482 e. The van der Waals surface area contributed by atoms with Crippen molar-refractivity contribution in [1.29, 1.82) is 0 Å². The minimum absolute atomic E-state index is 0. The van der Waals surface area contributed by atoms with Crippen molar-refractivity contribution >= 4 is 45.8 Å². The van der Waals surface area contributed by atoms with E-state index in [-0.39, 0.29) is 37.0 Å². The van der Waals surface area contributed by atoms with Crippen molar-refractivity contribution in [3.05, 3.63) is 27.7 Å². The average molecular weight is 398 g/mol. The third-order valence-electron chi connectivity index (χ3n) is 3.39. The molecule has 1 aromatic carbocycles. The minimum atomic E-state index is -0.121. The van der Waals surface area contributed by atoms with E-state index in [1.165, 1.54) is 0 Å². The molecule has 2 rings (SSSR count). The molecule has 7 heteroatoms. The van der Waals surface area contributed by atoms with Crippen LogP contribution >= 0.6 is 39.9 Å². The fourth-order valence-corrected chi connectivity index (χ4v) is 3.00. The summed E-state index contributed by atoms with van der Waals surface area (Å²) in [5.41, 5.74) is 5.84. The number of hydrogen-bond acceptors (Lipinski definition) is 3. The summed E-state index contributed by atoms with van der Waals surface area (Å²) < 4.78 is 6.30. The normalized spacial score (nSPS) is 21.3. The molecule has 118 valence electrons. The molecule has 0 radical (unpaired) electrons. The molecule has 1 amide bonds. The van der Waals surface area contributed by atoms with Gasteiger partial charge in [-0.1, -0.05) is 27.5 Å². The fourth-order valence-electron chi connectivity index (χ4n) is 2.27. The second kappa shape index (κ2) is 8.83. The Balaban J connectivity index is 0.00000220. The van der Waals surface area contributed by atoms with Gasteiger partial charge < -0.3 is 15.8 Å². The Morgan fingerprint density at radius 2 is 2.05 bits per heavy atom. The molecule has 0 heterocycles.